The maximum absolute atomic E-state index is 11.7. The van der Waals surface area contributed by atoms with Gasteiger partial charge in [0.15, 0.2) is 0 Å². The number of carbonyl (C=O) groups excluding carboxylic acids is 2. The Kier molecular flexibility index (Phi) is 4.50. The molecule has 104 valence electrons. The fourth-order valence-corrected chi connectivity index (χ4v) is 1.35. The molecule has 3 amide bonds. The number of aliphatic hydroxyl groups is 1. The third kappa shape index (κ3) is 4.26. The first kappa shape index (κ1) is 15.0. The summed E-state index contributed by atoms with van der Waals surface area (Å²) >= 11 is 0. The number of carbonyl (C=O) groups is 2. The van der Waals surface area contributed by atoms with Crippen LogP contribution in [0.4, 0.5) is 10.5 Å². The Hall–Kier alpha value is -2.08. The Bertz CT molecular complexity index is 467. The molecule has 6 nitrogen and oxygen atoms in total. The van der Waals surface area contributed by atoms with Crippen molar-refractivity contribution in [2.24, 2.45) is 5.73 Å². The summed E-state index contributed by atoms with van der Waals surface area (Å²) in [4.78, 5) is 22.8. The predicted octanol–water partition coefficient (Wildman–Crippen LogP) is 1.13. The Morgan fingerprint density at radius 3 is 2.21 bits per heavy atom. The first-order chi connectivity index (χ1) is 8.72. The van der Waals surface area contributed by atoms with E-state index in [1.807, 2.05) is 0 Å². The van der Waals surface area contributed by atoms with Crippen LogP contribution in [0.5, 0.6) is 0 Å². The number of benzene rings is 1. The van der Waals surface area contributed by atoms with Gasteiger partial charge < -0.3 is 21.5 Å². The molecule has 0 saturated heterocycles. The van der Waals surface area contributed by atoms with Gasteiger partial charge in [0.1, 0.15) is 5.54 Å². The molecule has 1 aromatic rings. The molecular formula is C13H19N3O3. The number of primary amides is 1. The zero-order chi connectivity index (χ0) is 14.6. The molecule has 0 aliphatic rings. The summed E-state index contributed by atoms with van der Waals surface area (Å²) in [5, 5.41) is 14.4. The molecule has 0 fully saturated rings. The highest BCUT2D eigenvalue weighted by atomic mass is 16.3. The molecule has 0 spiro atoms. The van der Waals surface area contributed by atoms with Gasteiger partial charge in [0.2, 0.25) is 5.91 Å². The van der Waals surface area contributed by atoms with Crippen LogP contribution in [0.3, 0.4) is 0 Å². The van der Waals surface area contributed by atoms with Crippen molar-refractivity contribution >= 4 is 17.6 Å². The molecular weight excluding hydrogens is 246 g/mol. The minimum Gasteiger partial charge on any atom is -0.389 e. The van der Waals surface area contributed by atoms with E-state index in [-0.39, 0.29) is 0 Å². The summed E-state index contributed by atoms with van der Waals surface area (Å²) in [5.41, 5.74) is 5.35. The molecule has 19 heavy (non-hydrogen) atoms. The highest BCUT2D eigenvalue weighted by molar-refractivity contribution is 5.94. The molecule has 6 heteroatoms. The molecule has 0 saturated carbocycles. The second kappa shape index (κ2) is 5.71. The van der Waals surface area contributed by atoms with Gasteiger partial charge in [-0.3, -0.25) is 4.79 Å². The lowest BCUT2D eigenvalue weighted by Gasteiger charge is -2.22. The molecule has 1 unspecified atom stereocenters. The molecule has 0 radical (unpaired) electrons. The van der Waals surface area contributed by atoms with Crippen molar-refractivity contribution in [2.45, 2.75) is 32.4 Å². The van der Waals surface area contributed by atoms with Crippen molar-refractivity contribution in [3.63, 3.8) is 0 Å². The number of amides is 3. The quantitative estimate of drug-likeness (QED) is 0.655. The summed E-state index contributed by atoms with van der Waals surface area (Å²) < 4.78 is 0. The van der Waals surface area contributed by atoms with E-state index in [0.29, 0.717) is 5.69 Å². The summed E-state index contributed by atoms with van der Waals surface area (Å²) in [5.74, 6) is -0.618. The lowest BCUT2D eigenvalue weighted by atomic mass is 10.1. The fourth-order valence-electron chi connectivity index (χ4n) is 1.35. The van der Waals surface area contributed by atoms with Crippen LogP contribution in [0.15, 0.2) is 24.3 Å². The maximum Gasteiger partial charge on any atom is 0.320 e. The monoisotopic (exact) mass is 265 g/mol. The van der Waals surface area contributed by atoms with E-state index in [9.17, 15) is 14.7 Å². The van der Waals surface area contributed by atoms with Gasteiger partial charge in [-0.25, -0.2) is 4.79 Å². The van der Waals surface area contributed by atoms with E-state index in [0.717, 1.165) is 5.56 Å². The molecule has 1 aromatic carbocycles. The van der Waals surface area contributed by atoms with E-state index in [2.05, 4.69) is 10.6 Å². The first-order valence-corrected chi connectivity index (χ1v) is 5.89. The number of aliphatic hydroxyl groups excluding tert-OH is 1. The van der Waals surface area contributed by atoms with Crippen LogP contribution >= 0.6 is 0 Å². The number of hydrogen-bond acceptors (Lipinski definition) is 3. The normalized spacial score (nSPS) is 12.6. The first-order valence-electron chi connectivity index (χ1n) is 5.89. The molecule has 1 atom stereocenters. The molecule has 0 aliphatic carbocycles. The average Bonchev–Trinajstić information content (AvgIpc) is 2.28. The Morgan fingerprint density at radius 1 is 1.26 bits per heavy atom. The van der Waals surface area contributed by atoms with Gasteiger partial charge in [0.05, 0.1) is 6.10 Å². The summed E-state index contributed by atoms with van der Waals surface area (Å²) in [7, 11) is 0. The van der Waals surface area contributed by atoms with Crippen molar-refractivity contribution < 1.29 is 14.7 Å². The molecule has 0 heterocycles. The van der Waals surface area contributed by atoms with Crippen LogP contribution in [0, 0.1) is 0 Å². The van der Waals surface area contributed by atoms with Crippen molar-refractivity contribution in [3.05, 3.63) is 29.8 Å². The van der Waals surface area contributed by atoms with Gasteiger partial charge in [-0.05, 0) is 38.5 Å². The van der Waals surface area contributed by atoms with Gasteiger partial charge >= 0.3 is 6.03 Å². The molecule has 1 rings (SSSR count). The highest BCUT2D eigenvalue weighted by Crippen LogP contribution is 2.15. The van der Waals surface area contributed by atoms with Crippen molar-refractivity contribution in [2.75, 3.05) is 5.32 Å². The average molecular weight is 265 g/mol. The maximum atomic E-state index is 11.7. The van der Waals surface area contributed by atoms with E-state index in [4.69, 9.17) is 5.73 Å². The van der Waals surface area contributed by atoms with Gasteiger partial charge in [0, 0.05) is 5.69 Å². The number of hydrogen-bond donors (Lipinski definition) is 4. The summed E-state index contributed by atoms with van der Waals surface area (Å²) in [6, 6.07) is 6.23. The third-order valence-corrected chi connectivity index (χ3v) is 2.69. The highest BCUT2D eigenvalue weighted by Gasteiger charge is 2.26. The van der Waals surface area contributed by atoms with Crippen molar-refractivity contribution in [1.82, 2.24) is 5.32 Å². The standard InChI is InChI=1S/C13H19N3O3/c1-8(17)9-4-6-10(7-5-9)15-12(19)16-13(2,3)11(14)18/h4-8,17H,1-3H3,(H2,14,18)(H2,15,16,19). The van der Waals surface area contributed by atoms with Gasteiger partial charge in [-0.1, -0.05) is 12.1 Å². The Morgan fingerprint density at radius 2 is 1.79 bits per heavy atom. The minimum atomic E-state index is -1.12. The van der Waals surface area contributed by atoms with Gasteiger partial charge in [0.25, 0.3) is 0 Å². The molecule has 0 bridgehead atoms. The van der Waals surface area contributed by atoms with Gasteiger partial charge in [-0.2, -0.15) is 0 Å². The number of urea groups is 1. The number of nitrogens with one attached hydrogen (secondary N) is 2. The smallest absolute Gasteiger partial charge is 0.320 e. The summed E-state index contributed by atoms with van der Waals surface area (Å²) in [6.45, 7) is 4.70. The summed E-state index contributed by atoms with van der Waals surface area (Å²) in [6.07, 6.45) is -0.559. The zero-order valence-electron chi connectivity index (χ0n) is 11.2. The van der Waals surface area contributed by atoms with E-state index in [1.165, 1.54) is 13.8 Å². The second-order valence-corrected chi connectivity index (χ2v) is 4.87. The van der Waals surface area contributed by atoms with Gasteiger partial charge in [-0.15, -0.1) is 0 Å². The van der Waals surface area contributed by atoms with Crippen LogP contribution in [0.25, 0.3) is 0 Å². The van der Waals surface area contributed by atoms with E-state index in [1.54, 1.807) is 31.2 Å². The Balaban J connectivity index is 2.65. The SMILES string of the molecule is CC(O)c1ccc(NC(=O)NC(C)(C)C(N)=O)cc1. The number of anilines is 1. The minimum absolute atomic E-state index is 0.520. The fraction of sp³-hybridized carbons (Fsp3) is 0.385. The van der Waals surface area contributed by atoms with Crippen LogP contribution in [-0.4, -0.2) is 22.6 Å². The topological polar surface area (TPSA) is 104 Å². The lowest BCUT2D eigenvalue weighted by molar-refractivity contribution is -0.122. The predicted molar refractivity (Wildman–Crippen MR) is 72.5 cm³/mol. The van der Waals surface area contributed by atoms with E-state index >= 15 is 0 Å². The molecule has 0 aliphatic heterocycles. The zero-order valence-corrected chi connectivity index (χ0v) is 11.2. The third-order valence-electron chi connectivity index (χ3n) is 2.69. The van der Waals surface area contributed by atoms with Crippen LogP contribution in [0.1, 0.15) is 32.4 Å². The second-order valence-electron chi connectivity index (χ2n) is 4.87. The van der Waals surface area contributed by atoms with Crippen molar-refractivity contribution in [1.29, 1.82) is 0 Å². The van der Waals surface area contributed by atoms with Crippen LogP contribution in [-0.2, 0) is 4.79 Å². The number of nitrogens with two attached hydrogens (primary N) is 1. The Labute approximate surface area is 112 Å². The molecule has 0 aromatic heterocycles. The van der Waals surface area contributed by atoms with Crippen LogP contribution < -0.4 is 16.4 Å². The molecule has 5 N–H and O–H groups in total. The number of rotatable bonds is 4. The van der Waals surface area contributed by atoms with Crippen LogP contribution in [0.2, 0.25) is 0 Å². The largest absolute Gasteiger partial charge is 0.389 e. The van der Waals surface area contributed by atoms with Crippen molar-refractivity contribution in [3.8, 4) is 0 Å². The van der Waals surface area contributed by atoms with E-state index < -0.39 is 23.6 Å². The lowest BCUT2D eigenvalue weighted by Crippen LogP contribution is -2.54.